The van der Waals surface area contributed by atoms with Gasteiger partial charge in [0.25, 0.3) is 11.8 Å². The normalized spacial score (nSPS) is 12.6. The first-order chi connectivity index (χ1) is 24.0. The maximum absolute atomic E-state index is 13.9. The number of amidine groups is 1. The average Bonchev–Trinajstić information content (AvgIpc) is 3.94. The van der Waals surface area contributed by atoms with E-state index in [1.807, 2.05) is 0 Å². The lowest BCUT2D eigenvalue weighted by atomic mass is 9.94. The number of pyridine rings is 1. The Hall–Kier alpha value is -5.56. The third kappa shape index (κ3) is 10.2. The molecule has 0 bridgehead atoms. The van der Waals surface area contributed by atoms with Crippen LogP contribution in [0.4, 0.5) is 10.5 Å². The van der Waals surface area contributed by atoms with Crippen LogP contribution >= 0.6 is 0 Å². The summed E-state index contributed by atoms with van der Waals surface area (Å²) in [5.74, 6) is -1.44. The Bertz CT molecular complexity index is 1730. The summed E-state index contributed by atoms with van der Waals surface area (Å²) in [6.07, 6.45) is 5.23. The van der Waals surface area contributed by atoms with Gasteiger partial charge in [0.1, 0.15) is 17.3 Å². The number of carbonyl (C=O) groups is 4. The van der Waals surface area contributed by atoms with Crippen molar-refractivity contribution in [2.75, 3.05) is 25.6 Å². The van der Waals surface area contributed by atoms with Gasteiger partial charge in [0.2, 0.25) is 0 Å². The number of hydrogen-bond donors (Lipinski definition) is 5. The van der Waals surface area contributed by atoms with Gasteiger partial charge in [-0.25, -0.2) is 14.6 Å². The molecule has 3 amide bonds. The van der Waals surface area contributed by atoms with E-state index in [2.05, 4.69) is 34.4 Å². The van der Waals surface area contributed by atoms with Crippen LogP contribution in [0.1, 0.15) is 94.8 Å². The second-order valence-electron chi connectivity index (χ2n) is 11.8. The summed E-state index contributed by atoms with van der Waals surface area (Å²) in [6.45, 7) is 7.92. The zero-order chi connectivity index (χ0) is 36.2. The fourth-order valence-electron chi connectivity index (χ4n) is 4.99. The fourth-order valence-corrected chi connectivity index (χ4v) is 4.99. The van der Waals surface area contributed by atoms with Crippen LogP contribution in [0.25, 0.3) is 17.2 Å². The Kier molecular flexibility index (Phi) is 13.2. The molecule has 13 heteroatoms. The fraction of sp³-hybridized carbons (Fsp3) is 0.351. The highest BCUT2D eigenvalue weighted by molar-refractivity contribution is 6.11. The number of carbonyl (C=O) groups excluding carboxylic acids is 4. The second-order valence-corrected chi connectivity index (χ2v) is 11.8. The quantitative estimate of drug-likeness (QED) is 0.0401. The lowest BCUT2D eigenvalue weighted by Gasteiger charge is -2.17. The molecule has 0 spiro atoms. The van der Waals surface area contributed by atoms with Crippen LogP contribution < -0.4 is 20.7 Å². The topological polar surface area (TPSA) is 189 Å². The van der Waals surface area contributed by atoms with Crippen molar-refractivity contribution in [2.24, 2.45) is 5.92 Å². The summed E-state index contributed by atoms with van der Waals surface area (Å²) in [5.41, 5.74) is 1.43. The maximum Gasteiger partial charge on any atom is 0.412 e. The maximum atomic E-state index is 13.9. The van der Waals surface area contributed by atoms with Crippen LogP contribution in [0.3, 0.4) is 0 Å². The van der Waals surface area contributed by atoms with E-state index in [-0.39, 0.29) is 40.5 Å². The highest BCUT2D eigenvalue weighted by Gasteiger charge is 2.27. The number of esters is 1. The lowest BCUT2D eigenvalue weighted by molar-refractivity contribution is -0.0527. The van der Waals surface area contributed by atoms with Crippen LogP contribution in [0.15, 0.2) is 55.1 Å². The summed E-state index contributed by atoms with van der Waals surface area (Å²) in [7, 11) is 1.45. The highest BCUT2D eigenvalue weighted by Crippen LogP contribution is 2.35. The average molecular weight is 686 g/mol. The van der Waals surface area contributed by atoms with Crippen molar-refractivity contribution in [1.29, 1.82) is 5.41 Å². The standard InChI is InChI=1S/C37H43N5O8/c1-5-7-8-9-18-49-37(47)42-33(38)25-12-14-26(15-13-25)40-34(44)29-19-24(6-2)31(48-4)20-28(29)27-16-17-30(35(45)39-21-23-10-11-23)41-32(27)36(46)50-22(3)43/h6,12-17,19-20,22-23,43H,2,5,7-11,18,21H2,1,3-4H3,(H,39,45)(H,40,44)(H2,38,42,47). The van der Waals surface area contributed by atoms with E-state index in [0.717, 1.165) is 38.5 Å². The monoisotopic (exact) mass is 685 g/mol. The molecule has 2 aromatic carbocycles. The molecule has 5 N–H and O–H groups in total. The van der Waals surface area contributed by atoms with Gasteiger partial charge in [-0.15, -0.1) is 0 Å². The van der Waals surface area contributed by atoms with Gasteiger partial charge in [-0.05, 0) is 80.6 Å². The van der Waals surface area contributed by atoms with E-state index >= 15 is 0 Å². The Labute approximate surface area is 290 Å². The number of nitrogens with zero attached hydrogens (tertiary/aromatic N) is 1. The summed E-state index contributed by atoms with van der Waals surface area (Å²) < 4.78 is 15.7. The van der Waals surface area contributed by atoms with Gasteiger partial charge in [-0.3, -0.25) is 20.3 Å². The van der Waals surface area contributed by atoms with Gasteiger partial charge in [0.05, 0.1) is 13.7 Å². The van der Waals surface area contributed by atoms with E-state index in [1.165, 1.54) is 32.2 Å². The predicted molar refractivity (Wildman–Crippen MR) is 188 cm³/mol. The number of aromatic nitrogens is 1. The molecule has 0 radical (unpaired) electrons. The molecule has 1 unspecified atom stereocenters. The zero-order valence-corrected chi connectivity index (χ0v) is 28.5. The van der Waals surface area contributed by atoms with E-state index in [4.69, 9.17) is 19.6 Å². The minimum atomic E-state index is -1.47. The Morgan fingerprint density at radius 3 is 2.42 bits per heavy atom. The molecule has 1 aliphatic carbocycles. The molecule has 1 heterocycles. The number of nitrogens with one attached hydrogen (secondary N) is 4. The molecule has 0 saturated heterocycles. The minimum absolute atomic E-state index is 0.0343. The predicted octanol–water partition coefficient (Wildman–Crippen LogP) is 5.92. The molecule has 13 nitrogen and oxygen atoms in total. The van der Waals surface area contributed by atoms with Crippen LogP contribution in [0.2, 0.25) is 0 Å². The van der Waals surface area contributed by atoms with Crippen LogP contribution in [0.5, 0.6) is 5.75 Å². The summed E-state index contributed by atoms with van der Waals surface area (Å²) in [5, 5.41) is 26.1. The third-order valence-corrected chi connectivity index (χ3v) is 7.86. The number of methoxy groups -OCH3 is 1. The number of aliphatic hydroxyl groups is 1. The highest BCUT2D eigenvalue weighted by atomic mass is 16.6. The van der Waals surface area contributed by atoms with Gasteiger partial charge >= 0.3 is 12.1 Å². The number of hydrogen-bond acceptors (Lipinski definition) is 10. The first-order valence-corrected chi connectivity index (χ1v) is 16.5. The molecule has 264 valence electrons. The van der Waals surface area contributed by atoms with Gasteiger partial charge in [0.15, 0.2) is 12.0 Å². The van der Waals surface area contributed by atoms with Crippen LogP contribution in [-0.2, 0) is 9.47 Å². The molecule has 50 heavy (non-hydrogen) atoms. The first kappa shape index (κ1) is 37.3. The molecule has 1 saturated carbocycles. The number of aliphatic hydroxyl groups excluding tert-OH is 1. The molecule has 3 aromatic rings. The van der Waals surface area contributed by atoms with E-state index in [0.29, 0.717) is 35.0 Å². The Morgan fingerprint density at radius 2 is 1.78 bits per heavy atom. The summed E-state index contributed by atoms with van der Waals surface area (Å²) in [6, 6.07) is 12.3. The van der Waals surface area contributed by atoms with Crippen molar-refractivity contribution in [3.63, 3.8) is 0 Å². The van der Waals surface area contributed by atoms with Crippen molar-refractivity contribution in [3.05, 3.63) is 83.2 Å². The number of unbranched alkanes of at least 4 members (excludes halogenated alkanes) is 3. The van der Waals surface area contributed by atoms with Gasteiger partial charge < -0.3 is 30.0 Å². The van der Waals surface area contributed by atoms with Crippen LogP contribution in [-0.4, -0.2) is 66.4 Å². The van der Waals surface area contributed by atoms with Crippen molar-refractivity contribution < 1.29 is 38.5 Å². The van der Waals surface area contributed by atoms with E-state index < -0.39 is 30.2 Å². The number of alkyl carbamates (subject to hydrolysis) is 1. The second kappa shape index (κ2) is 17.7. The summed E-state index contributed by atoms with van der Waals surface area (Å²) >= 11 is 0. The Balaban J connectivity index is 1.60. The van der Waals surface area contributed by atoms with E-state index in [9.17, 15) is 24.3 Å². The molecular formula is C37H43N5O8. The molecule has 0 aliphatic heterocycles. The Morgan fingerprint density at radius 1 is 1.04 bits per heavy atom. The smallest absolute Gasteiger partial charge is 0.412 e. The third-order valence-electron chi connectivity index (χ3n) is 7.86. The van der Waals surface area contributed by atoms with Crippen molar-refractivity contribution >= 4 is 41.5 Å². The van der Waals surface area contributed by atoms with E-state index in [1.54, 1.807) is 36.4 Å². The van der Waals surface area contributed by atoms with Crippen molar-refractivity contribution in [1.82, 2.24) is 15.6 Å². The minimum Gasteiger partial charge on any atom is -0.496 e. The molecule has 1 aromatic heterocycles. The molecule has 1 atom stereocenters. The largest absolute Gasteiger partial charge is 0.496 e. The number of benzene rings is 2. The lowest BCUT2D eigenvalue weighted by Crippen LogP contribution is -2.31. The molecule has 1 fully saturated rings. The molecular weight excluding hydrogens is 642 g/mol. The SMILES string of the molecule is C=Cc1cc(C(=O)Nc2ccc(C(=N)NC(=O)OCCCCCC)cc2)c(-c2ccc(C(=O)NCC3CC3)nc2C(=O)OC(C)O)cc1OC. The molecule has 4 rings (SSSR count). The number of ether oxygens (including phenoxy) is 3. The summed E-state index contributed by atoms with van der Waals surface area (Å²) in [4.78, 5) is 56.3. The zero-order valence-electron chi connectivity index (χ0n) is 28.5. The van der Waals surface area contributed by atoms with Crippen LogP contribution in [0, 0.1) is 11.3 Å². The number of amides is 3. The number of anilines is 1. The van der Waals surface area contributed by atoms with Gasteiger partial charge in [-0.1, -0.05) is 38.8 Å². The first-order valence-electron chi connectivity index (χ1n) is 16.5. The number of rotatable bonds is 16. The van der Waals surface area contributed by atoms with Gasteiger partial charge in [0, 0.05) is 40.0 Å². The van der Waals surface area contributed by atoms with Crippen molar-refractivity contribution in [3.8, 4) is 16.9 Å². The van der Waals surface area contributed by atoms with Crippen molar-refractivity contribution in [2.45, 2.75) is 58.7 Å². The molecule has 1 aliphatic rings. The van der Waals surface area contributed by atoms with Gasteiger partial charge in [-0.2, -0.15) is 0 Å².